The summed E-state index contributed by atoms with van der Waals surface area (Å²) in [6.45, 7) is -0.0524. The molecular weight excluding hydrogens is 337 g/mol. The summed E-state index contributed by atoms with van der Waals surface area (Å²) in [5.41, 5.74) is 1.18. The van der Waals surface area contributed by atoms with Crippen molar-refractivity contribution in [3.8, 4) is 0 Å². The zero-order valence-corrected chi connectivity index (χ0v) is 13.2. The van der Waals surface area contributed by atoms with E-state index < -0.39 is 24.1 Å². The van der Waals surface area contributed by atoms with E-state index in [2.05, 4.69) is 4.98 Å². The van der Waals surface area contributed by atoms with Crippen molar-refractivity contribution in [3.05, 3.63) is 35.5 Å². The molecule has 0 aliphatic carbocycles. The number of benzene rings is 1. The fourth-order valence-electron chi connectivity index (χ4n) is 3.38. The third-order valence-corrected chi connectivity index (χ3v) is 4.44. The predicted octanol–water partition coefficient (Wildman–Crippen LogP) is 2.08. The van der Waals surface area contributed by atoms with Crippen LogP contribution in [0.25, 0.3) is 10.9 Å². The molecule has 8 heteroatoms. The van der Waals surface area contributed by atoms with Crippen molar-refractivity contribution in [1.29, 1.82) is 0 Å². The van der Waals surface area contributed by atoms with Gasteiger partial charge in [-0.2, -0.15) is 13.2 Å². The molecule has 0 radical (unpaired) electrons. The fraction of sp³-hybridized carbons (Fsp3) is 0.412. The van der Waals surface area contributed by atoms with Crippen molar-refractivity contribution in [2.24, 2.45) is 0 Å². The van der Waals surface area contributed by atoms with Gasteiger partial charge in [-0.25, -0.2) is 0 Å². The van der Waals surface area contributed by atoms with E-state index in [1.54, 1.807) is 24.3 Å². The maximum Gasteiger partial charge on any atom is 0.414 e. The van der Waals surface area contributed by atoms with Crippen LogP contribution in [0.4, 0.5) is 13.2 Å². The number of hydrogen-bond acceptors (Lipinski definition) is 3. The first kappa shape index (κ1) is 17.3. The van der Waals surface area contributed by atoms with Crippen LogP contribution in [0.15, 0.2) is 24.3 Å². The molecule has 0 saturated heterocycles. The van der Waals surface area contributed by atoms with E-state index in [0.717, 1.165) is 10.3 Å². The Labute approximate surface area is 141 Å². The van der Waals surface area contributed by atoms with Gasteiger partial charge in [-0.05, 0) is 30.9 Å². The summed E-state index contributed by atoms with van der Waals surface area (Å²) in [4.78, 5) is 26.3. The van der Waals surface area contributed by atoms with Crippen LogP contribution in [0.5, 0.6) is 0 Å². The number of fused-ring (bicyclic) bond motifs is 3. The number of halogens is 3. The topological polar surface area (TPSA) is 76.2 Å². The summed E-state index contributed by atoms with van der Waals surface area (Å²) in [6.07, 6.45) is -4.95. The van der Waals surface area contributed by atoms with E-state index in [4.69, 9.17) is 0 Å². The highest BCUT2D eigenvalue weighted by atomic mass is 19.4. The minimum atomic E-state index is -4.62. The van der Waals surface area contributed by atoms with Gasteiger partial charge in [-0.1, -0.05) is 18.2 Å². The number of carbonyl (C=O) groups excluding carboxylic acids is 2. The Morgan fingerprint density at radius 1 is 1.24 bits per heavy atom. The number of hydrogen-bond donors (Lipinski definition) is 1. The third-order valence-electron chi connectivity index (χ3n) is 4.44. The summed E-state index contributed by atoms with van der Waals surface area (Å²) in [5.74, 6) is -2.02. The van der Waals surface area contributed by atoms with Crippen LogP contribution < -0.4 is 5.11 Å². The molecule has 0 fully saturated rings. The Balaban J connectivity index is 1.93. The molecule has 0 bridgehead atoms. The Kier molecular flexibility index (Phi) is 4.45. The molecule has 3 rings (SSSR count). The lowest BCUT2D eigenvalue weighted by atomic mass is 9.96. The van der Waals surface area contributed by atoms with Gasteiger partial charge in [-0.3, -0.25) is 4.79 Å². The van der Waals surface area contributed by atoms with Gasteiger partial charge in [-0.15, -0.1) is 0 Å². The van der Waals surface area contributed by atoms with Crippen LogP contribution in [0.3, 0.4) is 0 Å². The molecule has 1 aromatic carbocycles. The molecule has 1 aliphatic rings. The maximum absolute atomic E-state index is 13.7. The van der Waals surface area contributed by atoms with Crippen LogP contribution in [0, 0.1) is 0 Å². The standard InChI is InChI=1S/C17H17F3N2O3/c18-17(19,20)16-15-11(10-4-1-2-5-12(10)21-15)8-9-22(16)13(23)6-3-7-14(24)25/h1-2,4-5,16,21H,3,6-9H2,(H,24,25)/p-1/t16-/m0/s1. The zero-order valence-electron chi connectivity index (χ0n) is 13.2. The number of H-pyrrole nitrogens is 1. The second-order valence-electron chi connectivity index (χ2n) is 6.07. The molecule has 1 aromatic heterocycles. The van der Waals surface area contributed by atoms with E-state index in [1.165, 1.54) is 0 Å². The summed E-state index contributed by atoms with van der Waals surface area (Å²) in [6, 6.07) is 4.91. The van der Waals surface area contributed by atoms with E-state index in [-0.39, 0.29) is 31.5 Å². The molecule has 1 N–H and O–H groups in total. The summed E-state index contributed by atoms with van der Waals surface area (Å²) in [7, 11) is 0. The molecule has 1 aliphatic heterocycles. The quantitative estimate of drug-likeness (QED) is 0.914. The monoisotopic (exact) mass is 353 g/mol. The lowest BCUT2D eigenvalue weighted by Crippen LogP contribution is -2.46. The Morgan fingerprint density at radius 2 is 1.96 bits per heavy atom. The second-order valence-corrected chi connectivity index (χ2v) is 6.07. The molecule has 2 heterocycles. The predicted molar refractivity (Wildman–Crippen MR) is 81.4 cm³/mol. The number of nitrogens with zero attached hydrogens (tertiary/aromatic N) is 1. The van der Waals surface area contributed by atoms with Crippen molar-refractivity contribution in [2.45, 2.75) is 37.9 Å². The molecule has 2 aromatic rings. The van der Waals surface area contributed by atoms with Gasteiger partial charge in [0.05, 0.1) is 5.69 Å². The summed E-state index contributed by atoms with van der Waals surface area (Å²) in [5, 5.41) is 11.2. The number of para-hydroxylation sites is 1. The molecule has 0 unspecified atom stereocenters. The first-order chi connectivity index (χ1) is 11.8. The average molecular weight is 353 g/mol. The highest BCUT2D eigenvalue weighted by Gasteiger charge is 2.50. The third kappa shape index (κ3) is 3.33. The zero-order chi connectivity index (χ0) is 18.2. The van der Waals surface area contributed by atoms with Crippen LogP contribution in [0.1, 0.15) is 36.6 Å². The number of aromatic amines is 1. The minimum Gasteiger partial charge on any atom is -0.550 e. The Bertz CT molecular complexity index is 813. The van der Waals surface area contributed by atoms with Gasteiger partial charge < -0.3 is 19.8 Å². The highest BCUT2D eigenvalue weighted by Crippen LogP contribution is 2.43. The number of carboxylic acid groups (broad SMARTS) is 1. The van der Waals surface area contributed by atoms with Crippen molar-refractivity contribution >= 4 is 22.8 Å². The minimum absolute atomic E-state index is 0.00630. The van der Waals surface area contributed by atoms with Gasteiger partial charge in [0.1, 0.15) is 0 Å². The van der Waals surface area contributed by atoms with E-state index >= 15 is 0 Å². The number of alkyl halides is 3. The number of aliphatic carboxylic acids is 1. The van der Waals surface area contributed by atoms with Crippen molar-refractivity contribution in [3.63, 3.8) is 0 Å². The molecule has 25 heavy (non-hydrogen) atoms. The Hall–Kier alpha value is -2.51. The van der Waals surface area contributed by atoms with E-state index in [9.17, 15) is 27.9 Å². The molecule has 1 amide bonds. The SMILES string of the molecule is O=C([O-])CCCC(=O)N1CCc2c([nH]c3ccccc23)[C@H]1C(F)(F)F. The molecule has 134 valence electrons. The fourth-order valence-corrected chi connectivity index (χ4v) is 3.38. The van der Waals surface area contributed by atoms with Crippen molar-refractivity contribution in [1.82, 2.24) is 9.88 Å². The molecule has 5 nitrogen and oxygen atoms in total. The lowest BCUT2D eigenvalue weighted by molar-refractivity contribution is -0.305. The summed E-state index contributed by atoms with van der Waals surface area (Å²) < 4.78 is 41.1. The Morgan fingerprint density at radius 3 is 2.64 bits per heavy atom. The van der Waals surface area contributed by atoms with E-state index in [0.29, 0.717) is 17.5 Å². The number of aromatic nitrogens is 1. The number of rotatable bonds is 4. The van der Waals surface area contributed by atoms with Crippen molar-refractivity contribution < 1.29 is 27.9 Å². The van der Waals surface area contributed by atoms with Crippen molar-refractivity contribution in [2.75, 3.05) is 6.54 Å². The van der Waals surface area contributed by atoms with Crippen LogP contribution in [-0.2, 0) is 16.0 Å². The number of carboxylic acids is 1. The van der Waals surface area contributed by atoms with Crippen LogP contribution >= 0.6 is 0 Å². The number of nitrogens with one attached hydrogen (secondary N) is 1. The first-order valence-corrected chi connectivity index (χ1v) is 7.94. The average Bonchev–Trinajstić information content (AvgIpc) is 2.90. The normalized spacial score (nSPS) is 17.6. The second kappa shape index (κ2) is 6.42. The van der Waals surface area contributed by atoms with Crippen LogP contribution in [-0.4, -0.2) is 34.5 Å². The van der Waals surface area contributed by atoms with Gasteiger partial charge >= 0.3 is 6.18 Å². The number of carbonyl (C=O) groups is 2. The van der Waals surface area contributed by atoms with Gasteiger partial charge in [0.15, 0.2) is 6.04 Å². The highest BCUT2D eigenvalue weighted by molar-refractivity contribution is 5.86. The van der Waals surface area contributed by atoms with Gasteiger partial charge in [0.25, 0.3) is 0 Å². The van der Waals surface area contributed by atoms with Gasteiger partial charge in [0.2, 0.25) is 5.91 Å². The van der Waals surface area contributed by atoms with Crippen LogP contribution in [0.2, 0.25) is 0 Å². The molecule has 0 spiro atoms. The summed E-state index contributed by atoms with van der Waals surface area (Å²) >= 11 is 0. The molecular formula is C17H16F3N2O3-. The number of amides is 1. The smallest absolute Gasteiger partial charge is 0.414 e. The molecule has 0 saturated carbocycles. The van der Waals surface area contributed by atoms with Gasteiger partial charge in [0, 0.05) is 29.8 Å². The molecule has 1 atom stereocenters. The maximum atomic E-state index is 13.7. The first-order valence-electron chi connectivity index (χ1n) is 7.94. The lowest BCUT2D eigenvalue weighted by Gasteiger charge is -2.37. The largest absolute Gasteiger partial charge is 0.550 e. The van der Waals surface area contributed by atoms with E-state index in [1.807, 2.05) is 0 Å².